The van der Waals surface area contributed by atoms with E-state index in [1.165, 1.54) is 18.2 Å². The largest absolute Gasteiger partial charge is 0.349 e. The molecule has 2 rings (SSSR count). The van der Waals surface area contributed by atoms with E-state index in [2.05, 4.69) is 32.2 Å². The summed E-state index contributed by atoms with van der Waals surface area (Å²) in [5.74, 6) is -0.573. The number of piperidine rings is 1. The lowest BCUT2D eigenvalue weighted by Gasteiger charge is -2.30. The number of hydrogen-bond donors (Lipinski definition) is 1. The molecule has 0 spiro atoms. The smallest absolute Gasteiger partial charge is 0.251 e. The molecule has 1 aromatic rings. The number of hydrogen-bond acceptors (Lipinski definition) is 3. The summed E-state index contributed by atoms with van der Waals surface area (Å²) in [5.41, 5.74) is 0.442. The lowest BCUT2D eigenvalue weighted by atomic mass is 10.0. The highest BCUT2D eigenvalue weighted by Crippen LogP contribution is 2.17. The van der Waals surface area contributed by atoms with E-state index in [1.54, 1.807) is 0 Å². The molecule has 1 saturated heterocycles. The van der Waals surface area contributed by atoms with E-state index < -0.39 is 0 Å². The fraction of sp³-hybridized carbons (Fsp3) is 0.429. The number of amides is 1. The van der Waals surface area contributed by atoms with Gasteiger partial charge in [0.15, 0.2) is 0 Å². The third-order valence-corrected chi connectivity index (χ3v) is 4.01. The first-order valence-corrected chi connectivity index (χ1v) is 7.24. The first-order valence-electron chi connectivity index (χ1n) is 6.45. The predicted molar refractivity (Wildman–Crippen MR) is 76.6 cm³/mol. The van der Waals surface area contributed by atoms with Gasteiger partial charge in [-0.2, -0.15) is 5.26 Å². The van der Waals surface area contributed by atoms with Gasteiger partial charge in [-0.05, 0) is 47.0 Å². The van der Waals surface area contributed by atoms with Gasteiger partial charge in [-0.15, -0.1) is 0 Å². The highest BCUT2D eigenvalue weighted by Gasteiger charge is 2.21. The van der Waals surface area contributed by atoms with Crippen molar-refractivity contribution in [2.75, 3.05) is 19.6 Å². The molecule has 4 nitrogen and oxygen atoms in total. The Labute approximate surface area is 125 Å². The summed E-state index contributed by atoms with van der Waals surface area (Å²) in [6, 6.07) is 6.47. The number of halogens is 2. The standard InChI is InChI=1S/C14H15BrFN3O/c15-12-9-10(1-2-13(12)16)14(20)18-11-3-6-19(7-4-11)8-5-17/h1-2,9,11H,3-4,6-8H2,(H,18,20). The van der Waals surface area contributed by atoms with Gasteiger partial charge >= 0.3 is 0 Å². The maximum Gasteiger partial charge on any atom is 0.251 e. The number of nitrogens with one attached hydrogen (secondary N) is 1. The third kappa shape index (κ3) is 3.78. The van der Waals surface area contributed by atoms with Gasteiger partial charge < -0.3 is 5.32 Å². The summed E-state index contributed by atoms with van der Waals surface area (Å²) in [7, 11) is 0. The summed E-state index contributed by atoms with van der Waals surface area (Å²) >= 11 is 3.07. The molecule has 106 valence electrons. The highest BCUT2D eigenvalue weighted by molar-refractivity contribution is 9.10. The molecule has 0 saturated carbocycles. The van der Waals surface area contributed by atoms with Crippen LogP contribution in [0.15, 0.2) is 22.7 Å². The van der Waals surface area contributed by atoms with Crippen molar-refractivity contribution in [2.24, 2.45) is 0 Å². The minimum absolute atomic E-state index is 0.112. The van der Waals surface area contributed by atoms with Gasteiger partial charge in [0.05, 0.1) is 17.1 Å². The molecule has 1 N–H and O–H groups in total. The van der Waals surface area contributed by atoms with E-state index in [4.69, 9.17) is 5.26 Å². The normalized spacial score (nSPS) is 16.6. The van der Waals surface area contributed by atoms with Crippen LogP contribution >= 0.6 is 15.9 Å². The van der Waals surface area contributed by atoms with Crippen LogP contribution in [0, 0.1) is 17.1 Å². The minimum atomic E-state index is -0.383. The zero-order valence-electron chi connectivity index (χ0n) is 10.9. The van der Waals surface area contributed by atoms with E-state index in [0.717, 1.165) is 25.9 Å². The summed E-state index contributed by atoms with van der Waals surface area (Å²) in [6.45, 7) is 2.06. The molecule has 6 heteroatoms. The Kier molecular flexibility index (Phi) is 5.10. The number of nitriles is 1. The van der Waals surface area contributed by atoms with Crippen molar-refractivity contribution >= 4 is 21.8 Å². The van der Waals surface area contributed by atoms with Crippen molar-refractivity contribution in [2.45, 2.75) is 18.9 Å². The van der Waals surface area contributed by atoms with E-state index >= 15 is 0 Å². The summed E-state index contributed by atoms with van der Waals surface area (Å²) in [6.07, 6.45) is 1.66. The summed E-state index contributed by atoms with van der Waals surface area (Å²) in [4.78, 5) is 14.1. The number of benzene rings is 1. The van der Waals surface area contributed by atoms with Gasteiger partial charge in [0.1, 0.15) is 5.82 Å². The van der Waals surface area contributed by atoms with Crippen LogP contribution < -0.4 is 5.32 Å². The SMILES string of the molecule is N#CCN1CCC(NC(=O)c2ccc(F)c(Br)c2)CC1. The van der Waals surface area contributed by atoms with E-state index in [1.807, 2.05) is 0 Å². The zero-order chi connectivity index (χ0) is 14.5. The zero-order valence-corrected chi connectivity index (χ0v) is 12.5. The average molecular weight is 340 g/mol. The topological polar surface area (TPSA) is 56.1 Å². The molecule has 1 aliphatic heterocycles. The Balaban J connectivity index is 1.89. The molecule has 0 atom stereocenters. The second-order valence-electron chi connectivity index (χ2n) is 4.81. The molecule has 20 heavy (non-hydrogen) atoms. The van der Waals surface area contributed by atoms with Crippen LogP contribution in [0.1, 0.15) is 23.2 Å². The van der Waals surface area contributed by atoms with Crippen LogP contribution in [-0.2, 0) is 0 Å². The van der Waals surface area contributed by atoms with E-state index in [9.17, 15) is 9.18 Å². The minimum Gasteiger partial charge on any atom is -0.349 e. The molecule has 0 unspecified atom stereocenters. The molecule has 0 aliphatic carbocycles. The maximum atomic E-state index is 13.1. The van der Waals surface area contributed by atoms with Crippen molar-refractivity contribution in [3.05, 3.63) is 34.1 Å². The number of carbonyl (C=O) groups is 1. The quantitative estimate of drug-likeness (QED) is 0.859. The Morgan fingerprint density at radius 3 is 2.80 bits per heavy atom. The van der Waals surface area contributed by atoms with Gasteiger partial charge in [0, 0.05) is 24.7 Å². The van der Waals surface area contributed by atoms with Crippen LogP contribution in [-0.4, -0.2) is 36.5 Å². The average Bonchev–Trinajstić information content (AvgIpc) is 2.44. The first-order chi connectivity index (χ1) is 9.60. The molecular weight excluding hydrogens is 325 g/mol. The Morgan fingerprint density at radius 1 is 1.50 bits per heavy atom. The van der Waals surface area contributed by atoms with Crippen LogP contribution in [0.4, 0.5) is 4.39 Å². The fourth-order valence-corrected chi connectivity index (χ4v) is 2.62. The lowest BCUT2D eigenvalue weighted by molar-refractivity contribution is 0.0914. The van der Waals surface area contributed by atoms with Crippen molar-refractivity contribution in [3.8, 4) is 6.07 Å². The van der Waals surface area contributed by atoms with Gasteiger partial charge in [-0.25, -0.2) is 4.39 Å². The number of carbonyl (C=O) groups excluding carboxylic acids is 1. The van der Waals surface area contributed by atoms with Gasteiger partial charge in [0.25, 0.3) is 5.91 Å². The van der Waals surface area contributed by atoms with E-state index in [-0.39, 0.29) is 22.2 Å². The van der Waals surface area contributed by atoms with Gasteiger partial charge in [-0.3, -0.25) is 9.69 Å². The molecular formula is C14H15BrFN3O. The third-order valence-electron chi connectivity index (χ3n) is 3.40. The first kappa shape index (κ1) is 14.9. The summed E-state index contributed by atoms with van der Waals surface area (Å²) in [5, 5.41) is 11.6. The fourth-order valence-electron chi connectivity index (χ4n) is 2.24. The van der Waals surface area contributed by atoms with Crippen molar-refractivity contribution in [1.82, 2.24) is 10.2 Å². The monoisotopic (exact) mass is 339 g/mol. The second kappa shape index (κ2) is 6.82. The molecule has 1 aromatic carbocycles. The second-order valence-corrected chi connectivity index (χ2v) is 5.67. The maximum absolute atomic E-state index is 13.1. The molecule has 1 amide bonds. The molecule has 0 radical (unpaired) electrons. The summed E-state index contributed by atoms with van der Waals surface area (Å²) < 4.78 is 13.4. The van der Waals surface area contributed by atoms with Gasteiger partial charge in [-0.1, -0.05) is 0 Å². The Morgan fingerprint density at radius 2 is 2.20 bits per heavy atom. The van der Waals surface area contributed by atoms with Gasteiger partial charge in [0.2, 0.25) is 0 Å². The van der Waals surface area contributed by atoms with Crippen LogP contribution in [0.25, 0.3) is 0 Å². The van der Waals surface area contributed by atoms with Crippen molar-refractivity contribution in [3.63, 3.8) is 0 Å². The number of likely N-dealkylation sites (tertiary alicyclic amines) is 1. The number of rotatable bonds is 3. The van der Waals surface area contributed by atoms with Crippen LogP contribution in [0.3, 0.4) is 0 Å². The number of nitrogens with zero attached hydrogens (tertiary/aromatic N) is 2. The Bertz CT molecular complexity index is 536. The molecule has 1 heterocycles. The molecule has 1 aliphatic rings. The van der Waals surface area contributed by atoms with Crippen LogP contribution in [0.2, 0.25) is 0 Å². The van der Waals surface area contributed by atoms with Crippen LogP contribution in [0.5, 0.6) is 0 Å². The molecule has 0 aromatic heterocycles. The highest BCUT2D eigenvalue weighted by atomic mass is 79.9. The van der Waals surface area contributed by atoms with Crippen molar-refractivity contribution < 1.29 is 9.18 Å². The van der Waals surface area contributed by atoms with E-state index in [0.29, 0.717) is 12.1 Å². The molecule has 0 bridgehead atoms. The van der Waals surface area contributed by atoms with Crippen molar-refractivity contribution in [1.29, 1.82) is 5.26 Å². The lowest BCUT2D eigenvalue weighted by Crippen LogP contribution is -2.44. The predicted octanol–water partition coefficient (Wildman–Crippen LogP) is 2.31. The molecule has 1 fully saturated rings. The Hall–Kier alpha value is -1.45.